The summed E-state index contributed by atoms with van der Waals surface area (Å²) in [5.74, 6) is 0.706. The van der Waals surface area contributed by atoms with Crippen LogP contribution in [0.1, 0.15) is 22.4 Å². The normalized spacial score (nSPS) is 18.6. The molecule has 1 atom stereocenters. The summed E-state index contributed by atoms with van der Waals surface area (Å²) in [6, 6.07) is 14.6. The number of aromatic nitrogens is 7. The van der Waals surface area contributed by atoms with Crippen LogP contribution in [0.4, 0.5) is 0 Å². The average Bonchev–Trinajstić information content (AvgIpc) is 3.38. The summed E-state index contributed by atoms with van der Waals surface area (Å²) >= 11 is 0. The largest absolute Gasteiger partial charge is 0.280 e. The van der Waals surface area contributed by atoms with Gasteiger partial charge < -0.3 is 0 Å². The van der Waals surface area contributed by atoms with Crippen molar-refractivity contribution >= 4 is 6.08 Å². The molecule has 0 bridgehead atoms. The molecule has 0 aliphatic heterocycles. The Balaban J connectivity index is 1.67. The maximum absolute atomic E-state index is 4.43. The Morgan fingerprint density at radius 2 is 1.81 bits per heavy atom. The second kappa shape index (κ2) is 5.73. The van der Waals surface area contributed by atoms with Gasteiger partial charge in [0.25, 0.3) is 0 Å². The topological polar surface area (TPSA) is 85.2 Å². The van der Waals surface area contributed by atoms with Gasteiger partial charge in [0, 0.05) is 35.5 Å². The van der Waals surface area contributed by atoms with E-state index in [9.17, 15) is 0 Å². The van der Waals surface area contributed by atoms with E-state index in [-0.39, 0.29) is 5.41 Å². The van der Waals surface area contributed by atoms with Gasteiger partial charge >= 0.3 is 0 Å². The van der Waals surface area contributed by atoms with Gasteiger partial charge in [0.15, 0.2) is 5.82 Å². The summed E-state index contributed by atoms with van der Waals surface area (Å²) in [5, 5.41) is 18.9. The van der Waals surface area contributed by atoms with E-state index in [0.717, 1.165) is 17.7 Å². The van der Waals surface area contributed by atoms with Crippen molar-refractivity contribution in [3.63, 3.8) is 0 Å². The molecule has 0 fully saturated rings. The number of benzene rings is 1. The van der Waals surface area contributed by atoms with E-state index in [4.69, 9.17) is 0 Å². The van der Waals surface area contributed by atoms with E-state index in [1.807, 2.05) is 18.5 Å². The first-order valence-corrected chi connectivity index (χ1v) is 8.33. The minimum atomic E-state index is -0.276. The maximum Gasteiger partial charge on any atom is 0.185 e. The van der Waals surface area contributed by atoms with Crippen molar-refractivity contribution in [3.05, 3.63) is 89.6 Å². The van der Waals surface area contributed by atoms with E-state index in [1.54, 1.807) is 11.0 Å². The molecular formula is C19H15N7. The van der Waals surface area contributed by atoms with Crippen molar-refractivity contribution in [2.24, 2.45) is 0 Å². The van der Waals surface area contributed by atoms with Crippen LogP contribution in [0.3, 0.4) is 0 Å². The lowest BCUT2D eigenvalue weighted by Gasteiger charge is -2.34. The minimum Gasteiger partial charge on any atom is -0.280 e. The van der Waals surface area contributed by atoms with Gasteiger partial charge in [-0.2, -0.15) is 9.78 Å². The van der Waals surface area contributed by atoms with E-state index < -0.39 is 0 Å². The summed E-state index contributed by atoms with van der Waals surface area (Å²) in [6.45, 7) is 0. The zero-order chi connectivity index (χ0) is 17.4. The summed E-state index contributed by atoms with van der Waals surface area (Å²) in [5.41, 5.74) is 4.21. The summed E-state index contributed by atoms with van der Waals surface area (Å²) in [6.07, 6.45) is 10.3. The molecule has 1 aliphatic carbocycles. The van der Waals surface area contributed by atoms with Crippen LogP contribution < -0.4 is 0 Å². The average molecular weight is 341 g/mol. The predicted molar refractivity (Wildman–Crippen MR) is 95.5 cm³/mol. The molecule has 7 heteroatoms. The first kappa shape index (κ1) is 14.7. The lowest BCUT2D eigenvalue weighted by molar-refractivity contribution is 0.619. The molecule has 1 aliphatic rings. The zero-order valence-electron chi connectivity index (χ0n) is 13.8. The molecule has 126 valence electrons. The van der Waals surface area contributed by atoms with Gasteiger partial charge in [0.1, 0.15) is 6.33 Å². The molecule has 1 N–H and O–H groups in total. The Hall–Kier alpha value is -3.61. The number of rotatable bonds is 3. The van der Waals surface area contributed by atoms with Crippen molar-refractivity contribution in [2.45, 2.75) is 11.8 Å². The molecular weight excluding hydrogens is 326 g/mol. The molecule has 0 saturated carbocycles. The molecule has 3 heterocycles. The Morgan fingerprint density at radius 1 is 1.00 bits per heavy atom. The fourth-order valence-corrected chi connectivity index (χ4v) is 3.63. The van der Waals surface area contributed by atoms with Crippen LogP contribution in [0.5, 0.6) is 0 Å². The Morgan fingerprint density at radius 3 is 2.58 bits per heavy atom. The quantitative estimate of drug-likeness (QED) is 0.618. The lowest BCUT2D eigenvalue weighted by Crippen LogP contribution is -2.30. The smallest absolute Gasteiger partial charge is 0.185 e. The van der Waals surface area contributed by atoms with Crippen molar-refractivity contribution in [1.29, 1.82) is 0 Å². The van der Waals surface area contributed by atoms with Crippen LogP contribution in [-0.4, -0.2) is 35.4 Å². The standard InChI is InChI=1S/C19H15N7/c1-2-4-14(5-3-1)19(15-7-10-20-11-8-15)9-6-16-17(12-19)22-23-18(16)26-13-21-24-25-26/h1-11,13H,12H2,(H,22,23). The third-order valence-electron chi connectivity index (χ3n) is 4.90. The van der Waals surface area contributed by atoms with E-state index >= 15 is 0 Å². The van der Waals surface area contributed by atoms with Gasteiger partial charge in [-0.3, -0.25) is 10.1 Å². The third-order valence-corrected chi connectivity index (χ3v) is 4.90. The molecule has 5 rings (SSSR count). The van der Waals surface area contributed by atoms with Crippen LogP contribution in [0.2, 0.25) is 0 Å². The summed E-state index contributed by atoms with van der Waals surface area (Å²) in [7, 11) is 0. The lowest BCUT2D eigenvalue weighted by atomic mass is 9.69. The van der Waals surface area contributed by atoms with Crippen LogP contribution in [-0.2, 0) is 11.8 Å². The molecule has 0 amide bonds. The predicted octanol–water partition coefficient (Wildman–Crippen LogP) is 2.34. The number of nitrogens with zero attached hydrogens (tertiary/aromatic N) is 6. The van der Waals surface area contributed by atoms with E-state index in [2.05, 4.69) is 79.3 Å². The maximum atomic E-state index is 4.43. The number of allylic oxidation sites excluding steroid dienone is 1. The molecule has 1 unspecified atom stereocenters. The Bertz CT molecular complexity index is 1010. The minimum absolute atomic E-state index is 0.276. The van der Waals surface area contributed by atoms with Gasteiger partial charge in [0.2, 0.25) is 0 Å². The molecule has 0 saturated heterocycles. The monoisotopic (exact) mass is 341 g/mol. The van der Waals surface area contributed by atoms with E-state index in [1.165, 1.54) is 11.1 Å². The number of H-pyrrole nitrogens is 1. The highest BCUT2D eigenvalue weighted by Gasteiger charge is 2.36. The van der Waals surface area contributed by atoms with Crippen LogP contribution in [0.15, 0.2) is 67.3 Å². The Labute approximate surface area is 149 Å². The molecule has 26 heavy (non-hydrogen) atoms. The van der Waals surface area contributed by atoms with Gasteiger partial charge in [-0.05, 0) is 33.7 Å². The fourth-order valence-electron chi connectivity index (χ4n) is 3.63. The van der Waals surface area contributed by atoms with Gasteiger partial charge in [-0.1, -0.05) is 42.5 Å². The first-order valence-electron chi connectivity index (χ1n) is 8.33. The molecule has 0 spiro atoms. The molecule has 1 aromatic carbocycles. The molecule has 4 aromatic rings. The molecule has 7 nitrogen and oxygen atoms in total. The second-order valence-corrected chi connectivity index (χ2v) is 6.28. The van der Waals surface area contributed by atoms with Crippen molar-refractivity contribution in [2.75, 3.05) is 0 Å². The van der Waals surface area contributed by atoms with Crippen molar-refractivity contribution in [1.82, 2.24) is 35.4 Å². The number of fused-ring (bicyclic) bond motifs is 1. The van der Waals surface area contributed by atoms with Gasteiger partial charge in [-0.25, -0.2) is 0 Å². The number of tetrazole rings is 1. The van der Waals surface area contributed by atoms with Crippen LogP contribution >= 0.6 is 0 Å². The highest BCUT2D eigenvalue weighted by Crippen LogP contribution is 2.41. The first-order chi connectivity index (χ1) is 12.9. The number of hydrogen-bond acceptors (Lipinski definition) is 5. The summed E-state index contributed by atoms with van der Waals surface area (Å²) < 4.78 is 1.57. The van der Waals surface area contributed by atoms with Gasteiger partial charge in [-0.15, -0.1) is 5.10 Å². The highest BCUT2D eigenvalue weighted by molar-refractivity contribution is 5.67. The molecule has 3 aromatic heterocycles. The highest BCUT2D eigenvalue weighted by atomic mass is 15.5. The third kappa shape index (κ3) is 2.17. The zero-order valence-corrected chi connectivity index (χ0v) is 13.8. The second-order valence-electron chi connectivity index (χ2n) is 6.28. The fraction of sp³-hybridized carbons (Fsp3) is 0.105. The van der Waals surface area contributed by atoms with Crippen molar-refractivity contribution in [3.8, 4) is 5.82 Å². The van der Waals surface area contributed by atoms with Crippen LogP contribution in [0.25, 0.3) is 11.9 Å². The Kier molecular flexibility index (Phi) is 3.24. The van der Waals surface area contributed by atoms with Crippen LogP contribution in [0, 0.1) is 0 Å². The molecule has 0 radical (unpaired) electrons. The van der Waals surface area contributed by atoms with Gasteiger partial charge in [0.05, 0.1) is 0 Å². The van der Waals surface area contributed by atoms with Crippen molar-refractivity contribution < 1.29 is 0 Å². The number of aromatic amines is 1. The SMILES string of the molecule is C1=CC(c2ccccc2)(c2ccncc2)Cc2[nH]nc(-n3cnnn3)c21. The number of nitrogens with one attached hydrogen (secondary N) is 1. The number of pyridine rings is 1. The summed E-state index contributed by atoms with van der Waals surface area (Å²) in [4.78, 5) is 4.18. The number of hydrogen-bond donors (Lipinski definition) is 1. The van der Waals surface area contributed by atoms with E-state index in [0.29, 0.717) is 5.82 Å².